The molecule has 120 valence electrons. The van der Waals surface area contributed by atoms with E-state index < -0.39 is 6.10 Å². The summed E-state index contributed by atoms with van der Waals surface area (Å²) in [5.74, 6) is 0.694. The third kappa shape index (κ3) is 7.90. The Labute approximate surface area is 132 Å². The summed E-state index contributed by atoms with van der Waals surface area (Å²) >= 11 is 0. The van der Waals surface area contributed by atoms with Gasteiger partial charge in [0.25, 0.3) is 0 Å². The second kappa shape index (κ2) is 11.4. The summed E-state index contributed by atoms with van der Waals surface area (Å²) in [6.07, 6.45) is -0.470. The highest BCUT2D eigenvalue weighted by Crippen LogP contribution is 2.13. The third-order valence-corrected chi connectivity index (χ3v) is 2.85. The first-order valence-corrected chi connectivity index (χ1v) is 6.90. The van der Waals surface area contributed by atoms with Gasteiger partial charge < -0.3 is 20.1 Å². The normalized spacial score (nSPS) is 11.4. The minimum Gasteiger partial charge on any atom is -0.497 e. The van der Waals surface area contributed by atoms with Crippen molar-refractivity contribution < 1.29 is 14.3 Å². The first-order valence-electron chi connectivity index (χ1n) is 6.90. The molecular weight excluding hydrogens is 292 g/mol. The van der Waals surface area contributed by atoms with Gasteiger partial charge in [0.15, 0.2) is 0 Å². The van der Waals surface area contributed by atoms with Crippen LogP contribution in [0.2, 0.25) is 0 Å². The highest BCUT2D eigenvalue weighted by atomic mass is 35.5. The molecule has 0 saturated heterocycles. The summed E-state index contributed by atoms with van der Waals surface area (Å²) in [6.45, 7) is 6.45. The van der Waals surface area contributed by atoms with Crippen molar-refractivity contribution in [3.05, 3.63) is 29.8 Å². The fourth-order valence-corrected chi connectivity index (χ4v) is 1.65. The average Bonchev–Trinajstić information content (AvgIpc) is 2.49. The van der Waals surface area contributed by atoms with Crippen LogP contribution >= 0.6 is 12.4 Å². The van der Waals surface area contributed by atoms with Crippen molar-refractivity contribution in [3.8, 4) is 5.75 Å². The van der Waals surface area contributed by atoms with Crippen molar-refractivity contribution in [3.63, 3.8) is 0 Å². The predicted molar refractivity (Wildman–Crippen MR) is 86.0 cm³/mol. The number of rotatable bonds is 9. The molecular formula is C15H25ClN2O3. The number of halogens is 1. The van der Waals surface area contributed by atoms with Gasteiger partial charge in [0, 0.05) is 13.1 Å². The van der Waals surface area contributed by atoms with E-state index in [1.165, 1.54) is 0 Å². The first-order chi connectivity index (χ1) is 9.67. The van der Waals surface area contributed by atoms with Gasteiger partial charge in [-0.25, -0.2) is 0 Å². The van der Waals surface area contributed by atoms with Crippen molar-refractivity contribution >= 4 is 18.3 Å². The van der Waals surface area contributed by atoms with Gasteiger partial charge in [-0.2, -0.15) is 0 Å². The number of likely N-dealkylation sites (N-methyl/N-ethyl adjacent to an activating group) is 1. The number of ether oxygens (including phenoxy) is 2. The van der Waals surface area contributed by atoms with Crippen LogP contribution in [0.1, 0.15) is 19.4 Å². The van der Waals surface area contributed by atoms with Crippen molar-refractivity contribution in [2.75, 3.05) is 26.7 Å². The molecule has 2 N–H and O–H groups in total. The van der Waals surface area contributed by atoms with Crippen LogP contribution in [0.4, 0.5) is 0 Å². The first kappa shape index (κ1) is 19.7. The molecule has 0 heterocycles. The predicted octanol–water partition coefficient (Wildman–Crippen LogP) is 1.75. The van der Waals surface area contributed by atoms with Crippen molar-refractivity contribution in [2.45, 2.75) is 26.6 Å². The van der Waals surface area contributed by atoms with Gasteiger partial charge in [0.2, 0.25) is 5.91 Å². The second-order valence-corrected chi connectivity index (χ2v) is 4.45. The monoisotopic (exact) mass is 316 g/mol. The Kier molecular flexibility index (Phi) is 10.7. The SMILES string of the molecule is CCNCCNC(=O)C(C)OCc1cccc(OC)c1.Cl. The van der Waals surface area contributed by atoms with E-state index in [0.717, 1.165) is 24.4 Å². The standard InChI is InChI=1S/C15H24N2O3.ClH/c1-4-16-8-9-17-15(18)12(2)20-11-13-6-5-7-14(10-13)19-3;/h5-7,10,12,16H,4,8-9,11H2,1-3H3,(H,17,18);1H. The molecule has 5 nitrogen and oxygen atoms in total. The van der Waals surface area contributed by atoms with E-state index in [2.05, 4.69) is 10.6 Å². The summed E-state index contributed by atoms with van der Waals surface area (Å²) < 4.78 is 10.7. The molecule has 0 radical (unpaired) electrons. The fraction of sp³-hybridized carbons (Fsp3) is 0.533. The lowest BCUT2D eigenvalue weighted by molar-refractivity contribution is -0.132. The maximum atomic E-state index is 11.8. The molecule has 1 atom stereocenters. The fourth-order valence-electron chi connectivity index (χ4n) is 1.65. The van der Waals surface area contributed by atoms with Gasteiger partial charge in [-0.1, -0.05) is 19.1 Å². The smallest absolute Gasteiger partial charge is 0.248 e. The molecule has 1 unspecified atom stereocenters. The van der Waals surface area contributed by atoms with Gasteiger partial charge in [-0.15, -0.1) is 12.4 Å². The zero-order chi connectivity index (χ0) is 14.8. The van der Waals surface area contributed by atoms with E-state index in [1.807, 2.05) is 31.2 Å². The molecule has 0 bridgehead atoms. The summed E-state index contributed by atoms with van der Waals surface area (Å²) in [5, 5.41) is 5.97. The van der Waals surface area contributed by atoms with E-state index in [4.69, 9.17) is 9.47 Å². The number of hydrogen-bond acceptors (Lipinski definition) is 4. The molecule has 1 amide bonds. The van der Waals surface area contributed by atoms with Gasteiger partial charge in [0.1, 0.15) is 11.9 Å². The molecule has 0 spiro atoms. The van der Waals surface area contributed by atoms with Crippen molar-refractivity contribution in [1.82, 2.24) is 10.6 Å². The maximum Gasteiger partial charge on any atom is 0.248 e. The lowest BCUT2D eigenvalue weighted by atomic mass is 10.2. The van der Waals surface area contributed by atoms with Gasteiger partial charge in [-0.3, -0.25) is 4.79 Å². The number of benzene rings is 1. The Balaban J connectivity index is 0.00000400. The number of methoxy groups -OCH3 is 1. The lowest BCUT2D eigenvalue weighted by Crippen LogP contribution is -2.38. The molecule has 0 fully saturated rings. The Morgan fingerprint density at radius 3 is 2.76 bits per heavy atom. The van der Waals surface area contributed by atoms with E-state index in [0.29, 0.717) is 13.2 Å². The van der Waals surface area contributed by atoms with Crippen LogP contribution in [0, 0.1) is 0 Å². The summed E-state index contributed by atoms with van der Waals surface area (Å²) in [4.78, 5) is 11.8. The highest BCUT2D eigenvalue weighted by Gasteiger charge is 2.12. The minimum atomic E-state index is -0.470. The van der Waals surface area contributed by atoms with E-state index in [9.17, 15) is 4.79 Å². The molecule has 1 rings (SSSR count). The van der Waals surface area contributed by atoms with Crippen LogP contribution in [0.25, 0.3) is 0 Å². The number of hydrogen-bond donors (Lipinski definition) is 2. The maximum absolute atomic E-state index is 11.8. The average molecular weight is 317 g/mol. The minimum absolute atomic E-state index is 0. The Morgan fingerprint density at radius 1 is 1.33 bits per heavy atom. The Bertz CT molecular complexity index is 416. The topological polar surface area (TPSA) is 59.6 Å². The number of carbonyl (C=O) groups excluding carboxylic acids is 1. The lowest BCUT2D eigenvalue weighted by Gasteiger charge is -2.14. The molecule has 0 aliphatic rings. The van der Waals surface area contributed by atoms with Crippen LogP contribution in [0.3, 0.4) is 0 Å². The summed E-state index contributed by atoms with van der Waals surface area (Å²) in [7, 11) is 1.63. The molecule has 0 aliphatic heterocycles. The molecule has 6 heteroatoms. The van der Waals surface area contributed by atoms with Gasteiger partial charge >= 0.3 is 0 Å². The molecule has 0 aliphatic carbocycles. The van der Waals surface area contributed by atoms with Gasteiger partial charge in [-0.05, 0) is 31.2 Å². The number of amides is 1. The second-order valence-electron chi connectivity index (χ2n) is 4.45. The summed E-state index contributed by atoms with van der Waals surface area (Å²) in [6, 6.07) is 7.62. The number of carbonyl (C=O) groups is 1. The van der Waals surface area contributed by atoms with E-state index >= 15 is 0 Å². The zero-order valence-corrected chi connectivity index (χ0v) is 13.7. The van der Waals surface area contributed by atoms with Crippen molar-refractivity contribution in [1.29, 1.82) is 0 Å². The largest absolute Gasteiger partial charge is 0.497 e. The third-order valence-electron chi connectivity index (χ3n) is 2.85. The van der Waals surface area contributed by atoms with Crippen LogP contribution in [-0.4, -0.2) is 38.8 Å². The van der Waals surface area contributed by atoms with Crippen LogP contribution in [-0.2, 0) is 16.1 Å². The van der Waals surface area contributed by atoms with E-state index in [1.54, 1.807) is 14.0 Å². The van der Waals surface area contributed by atoms with Crippen LogP contribution < -0.4 is 15.4 Å². The Morgan fingerprint density at radius 2 is 2.10 bits per heavy atom. The molecule has 0 aromatic heterocycles. The molecule has 0 saturated carbocycles. The Hall–Kier alpha value is -1.30. The quantitative estimate of drug-likeness (QED) is 0.681. The molecule has 1 aromatic rings. The number of nitrogens with one attached hydrogen (secondary N) is 2. The molecule has 1 aromatic carbocycles. The van der Waals surface area contributed by atoms with Crippen LogP contribution in [0.15, 0.2) is 24.3 Å². The van der Waals surface area contributed by atoms with Crippen molar-refractivity contribution in [2.24, 2.45) is 0 Å². The summed E-state index contributed by atoms with van der Waals surface area (Å²) in [5.41, 5.74) is 0.983. The highest BCUT2D eigenvalue weighted by molar-refractivity contribution is 5.85. The molecule has 21 heavy (non-hydrogen) atoms. The van der Waals surface area contributed by atoms with E-state index in [-0.39, 0.29) is 18.3 Å². The van der Waals surface area contributed by atoms with Crippen LogP contribution in [0.5, 0.6) is 5.75 Å². The zero-order valence-electron chi connectivity index (χ0n) is 12.8. The van der Waals surface area contributed by atoms with Gasteiger partial charge in [0.05, 0.1) is 13.7 Å².